The average molecular weight is 1070 g/mol. The molecule has 402 valence electrons. The maximum Gasteiger partial charge on any atom is 0.328 e. The second-order valence-corrected chi connectivity index (χ2v) is 24.5. The summed E-state index contributed by atoms with van der Waals surface area (Å²) in [6, 6.07) is 10.9. The molecule has 9 fully saturated rings. The van der Waals surface area contributed by atoms with Crippen LogP contribution in [0, 0.1) is 46.1 Å². The van der Waals surface area contributed by atoms with Gasteiger partial charge in [-0.1, -0.05) is 23.6 Å². The number of terminal acetylenes is 1. The molecule has 4 amide bonds. The summed E-state index contributed by atoms with van der Waals surface area (Å²) >= 11 is 6.46. The lowest BCUT2D eigenvalue weighted by Gasteiger charge is -2.71. The van der Waals surface area contributed by atoms with E-state index in [-0.39, 0.29) is 64.3 Å². The molecule has 5 aliphatic heterocycles. The molecule has 3 aromatic carbocycles. The van der Waals surface area contributed by atoms with Crippen molar-refractivity contribution in [2.45, 2.75) is 95.6 Å². The summed E-state index contributed by atoms with van der Waals surface area (Å²) in [5.74, 6) is 1.93. The summed E-state index contributed by atoms with van der Waals surface area (Å²) in [6.07, 6.45) is 21.1. The number of carbonyl (C=O) groups is 3. The van der Waals surface area contributed by atoms with Gasteiger partial charge in [0.1, 0.15) is 28.6 Å². The number of ether oxygens (including phenoxy) is 1. The molecular formula is C59H65ClF2N10O5. The van der Waals surface area contributed by atoms with E-state index in [4.69, 9.17) is 32.7 Å². The topological polar surface area (TPSA) is 160 Å². The van der Waals surface area contributed by atoms with Crippen molar-refractivity contribution in [3.8, 4) is 35.4 Å². The number of urea groups is 1. The van der Waals surface area contributed by atoms with Gasteiger partial charge in [0, 0.05) is 112 Å². The Bertz CT molecular complexity index is 3220. The van der Waals surface area contributed by atoms with Crippen molar-refractivity contribution in [2.75, 3.05) is 88.4 Å². The smallest absolute Gasteiger partial charge is 0.328 e. The number of amides is 4. The highest BCUT2D eigenvalue weighted by atomic mass is 35.5. The van der Waals surface area contributed by atoms with Crippen molar-refractivity contribution in [2.24, 2.45) is 22.2 Å². The van der Waals surface area contributed by atoms with Crippen molar-refractivity contribution < 1.29 is 33.0 Å². The number of likely N-dealkylation sites (tertiary alicyclic amines) is 1. The molecule has 14 rings (SSSR count). The third kappa shape index (κ3) is 9.40. The van der Waals surface area contributed by atoms with Gasteiger partial charge in [-0.25, -0.2) is 13.6 Å². The van der Waals surface area contributed by atoms with E-state index < -0.39 is 17.7 Å². The summed E-state index contributed by atoms with van der Waals surface area (Å²) in [5, 5.41) is 18.3. The Hall–Kier alpha value is -6.19. The van der Waals surface area contributed by atoms with E-state index >= 15 is 8.78 Å². The first-order valence-electron chi connectivity index (χ1n) is 27.8. The molecule has 15 nitrogen and oxygen atoms in total. The quantitative estimate of drug-likeness (QED) is 0.103. The van der Waals surface area contributed by atoms with E-state index in [1.807, 2.05) is 4.90 Å². The van der Waals surface area contributed by atoms with Gasteiger partial charge < -0.3 is 34.8 Å². The van der Waals surface area contributed by atoms with E-state index in [1.165, 1.54) is 61.3 Å². The molecule has 2 atom stereocenters. The molecule has 0 radical (unpaired) electrons. The van der Waals surface area contributed by atoms with Gasteiger partial charge in [-0.15, -0.1) is 6.42 Å². The number of pyridine rings is 1. The number of fused-ring (bicyclic) bond motifs is 4. The minimum absolute atomic E-state index is 0.0312. The summed E-state index contributed by atoms with van der Waals surface area (Å²) < 4.78 is 38.7. The predicted octanol–water partition coefficient (Wildman–Crippen LogP) is 8.52. The van der Waals surface area contributed by atoms with Gasteiger partial charge in [0.15, 0.2) is 5.82 Å². The number of hydrogen-bond donors (Lipinski definition) is 3. The first-order chi connectivity index (χ1) is 37.2. The van der Waals surface area contributed by atoms with E-state index in [1.54, 1.807) is 24.4 Å². The number of hydrogen-bond acceptors (Lipinski definition) is 12. The number of benzene rings is 3. The molecule has 1 spiro atoms. The van der Waals surface area contributed by atoms with Gasteiger partial charge in [0.2, 0.25) is 5.91 Å². The highest BCUT2D eigenvalue weighted by molar-refractivity contribution is 6.34. The monoisotopic (exact) mass is 1070 g/mol. The Morgan fingerprint density at radius 1 is 0.883 bits per heavy atom. The maximum absolute atomic E-state index is 17.1. The van der Waals surface area contributed by atoms with Gasteiger partial charge in [0.05, 0.1) is 28.3 Å². The number of nitrogens with one attached hydrogen (secondary N) is 2. The number of phenolic OH excluding ortho intramolecular Hbond substituents is 1. The largest absolute Gasteiger partial charge is 0.508 e. The molecule has 4 bridgehead atoms. The van der Waals surface area contributed by atoms with Crippen LogP contribution in [0.5, 0.6) is 11.8 Å². The van der Waals surface area contributed by atoms with Crippen molar-refractivity contribution in [3.05, 3.63) is 76.4 Å². The van der Waals surface area contributed by atoms with Crippen LogP contribution in [0.2, 0.25) is 5.02 Å². The molecule has 18 heteroatoms. The van der Waals surface area contributed by atoms with Gasteiger partial charge in [-0.3, -0.25) is 24.8 Å². The minimum atomic E-state index is -0.716. The van der Waals surface area contributed by atoms with E-state index in [9.17, 15) is 19.5 Å². The molecule has 3 N–H and O–H groups in total. The summed E-state index contributed by atoms with van der Waals surface area (Å²) in [4.78, 5) is 63.1. The molecule has 7 heterocycles. The third-order valence-corrected chi connectivity index (χ3v) is 19.4. The number of piperazine rings is 2. The Balaban J connectivity index is 0.584. The number of carbonyl (C=O) groups excluding carboxylic acids is 3. The average Bonchev–Trinajstić information content (AvgIpc) is 3.94. The van der Waals surface area contributed by atoms with Crippen LogP contribution >= 0.6 is 11.6 Å². The Kier molecular flexibility index (Phi) is 12.8. The number of imide groups is 1. The lowest BCUT2D eigenvalue weighted by Crippen LogP contribution is -2.68. The fourth-order valence-corrected chi connectivity index (χ4v) is 15.3. The van der Waals surface area contributed by atoms with Crippen molar-refractivity contribution in [1.29, 1.82) is 0 Å². The van der Waals surface area contributed by atoms with Gasteiger partial charge >= 0.3 is 12.0 Å². The molecule has 5 aromatic rings. The fraction of sp³-hybridized carbons (Fsp3) is 0.525. The zero-order valence-corrected chi connectivity index (χ0v) is 44.2. The van der Waals surface area contributed by atoms with Crippen molar-refractivity contribution in [3.63, 3.8) is 0 Å². The van der Waals surface area contributed by atoms with Crippen LogP contribution in [0.3, 0.4) is 0 Å². The summed E-state index contributed by atoms with van der Waals surface area (Å²) in [7, 11) is 0. The molecule has 2 aromatic heterocycles. The maximum atomic E-state index is 17.1. The second-order valence-electron chi connectivity index (χ2n) is 24.1. The minimum Gasteiger partial charge on any atom is -0.508 e. The number of rotatable bonds is 12. The van der Waals surface area contributed by atoms with Crippen molar-refractivity contribution in [1.82, 2.24) is 40.3 Å². The highest BCUT2D eigenvalue weighted by Gasteiger charge is 2.68. The van der Waals surface area contributed by atoms with Crippen LogP contribution in [-0.4, -0.2) is 143 Å². The molecule has 2 unspecified atom stereocenters. The normalized spacial score (nSPS) is 26.4. The van der Waals surface area contributed by atoms with Crippen LogP contribution in [0.4, 0.5) is 25.1 Å². The number of nitrogens with zero attached hydrogens (tertiary/aromatic N) is 8. The molecule has 5 saturated heterocycles. The molecule has 4 aliphatic carbocycles. The van der Waals surface area contributed by atoms with Crippen LogP contribution in [0.25, 0.3) is 32.9 Å². The molecule has 77 heavy (non-hydrogen) atoms. The number of piperidine rings is 1. The van der Waals surface area contributed by atoms with Crippen molar-refractivity contribution >= 4 is 62.6 Å². The SMILES string of the molecule is C#Cc1c(F)ccc2cc(O)cc(-c3ncc4c(N5CC6CCC(C5)N6)nc(OCC56CC(CN7CCN(CCC8CCC9(CC8)CCN(C(=O)c8ccc(Cl)c(N%10CCC(=O)NC%10=O)c8)CC9)CC7)(C5)C6)nc4c3F)c12. The van der Waals surface area contributed by atoms with Crippen LogP contribution in [0.15, 0.2) is 48.7 Å². The second kappa shape index (κ2) is 19.6. The first kappa shape index (κ1) is 50.3. The Labute approximate surface area is 452 Å². The first-order valence-corrected chi connectivity index (χ1v) is 28.2. The predicted molar refractivity (Wildman–Crippen MR) is 290 cm³/mol. The zero-order chi connectivity index (χ0) is 52.8. The number of halogens is 3. The lowest BCUT2D eigenvalue weighted by atomic mass is 9.35. The number of phenols is 1. The Morgan fingerprint density at radius 2 is 1.62 bits per heavy atom. The number of aromatic hydroxyl groups is 1. The fourth-order valence-electron chi connectivity index (χ4n) is 15.1. The zero-order valence-electron chi connectivity index (χ0n) is 43.4. The summed E-state index contributed by atoms with van der Waals surface area (Å²) in [6.45, 7) is 10.2. The molecular weight excluding hydrogens is 1000 g/mol. The molecule has 4 saturated carbocycles. The number of aromatic nitrogens is 3. The summed E-state index contributed by atoms with van der Waals surface area (Å²) in [5.41, 5.74) is 1.73. The van der Waals surface area contributed by atoms with Crippen LogP contribution in [-0.2, 0) is 4.79 Å². The van der Waals surface area contributed by atoms with Gasteiger partial charge in [0.25, 0.3) is 5.91 Å². The van der Waals surface area contributed by atoms with E-state index in [0.717, 1.165) is 116 Å². The van der Waals surface area contributed by atoms with Crippen LogP contribution in [0.1, 0.15) is 99.4 Å². The van der Waals surface area contributed by atoms with Gasteiger partial charge in [-0.05, 0) is 142 Å². The van der Waals surface area contributed by atoms with E-state index in [2.05, 4.69) is 36.2 Å². The standard InChI is InChI=1S/C59H65ClF2N10O5/c1-2-42-46(61)8-4-37-25-41(73)27-43(49(37)42)51-50(62)52-44(28-63-51)53(71-29-39-5-6-40(30-71)64-39)67-55(66-52)77-35-59-31-58(32-59,33-59)34-69-23-21-68(22-24-69)17-11-36-9-13-57(14-10-36)15-19-70(20-16-57)54(75)38-3-7-45(60)47(26-38)72-18-12-48(74)65-56(72)76/h1,3-4,7-8,25-28,36,39-40,64,73H,5-6,9-24,29-35H2,(H,65,74,76). The third-order valence-electron chi connectivity index (χ3n) is 19.1. The Morgan fingerprint density at radius 3 is 2.35 bits per heavy atom. The highest BCUT2D eigenvalue weighted by Crippen LogP contribution is 2.73. The molecule has 9 aliphatic rings. The van der Waals surface area contributed by atoms with Crippen LogP contribution < -0.4 is 25.2 Å². The van der Waals surface area contributed by atoms with Gasteiger partial charge in [-0.2, -0.15) is 9.97 Å². The lowest BCUT2D eigenvalue weighted by molar-refractivity contribution is -0.229. The van der Waals surface area contributed by atoms with E-state index in [0.29, 0.717) is 67.8 Å². The number of anilines is 2.